The first-order valence-electron chi connectivity index (χ1n) is 5.40. The molecule has 0 aliphatic carbocycles. The van der Waals surface area contributed by atoms with E-state index in [9.17, 15) is 22.0 Å². The second-order valence-corrected chi connectivity index (χ2v) is 4.71. The molecular weight excluding hydrogens is 293 g/mol. The van der Waals surface area contributed by atoms with Crippen molar-refractivity contribution in [2.75, 3.05) is 13.2 Å². The van der Waals surface area contributed by atoms with Crippen molar-refractivity contribution < 1.29 is 26.7 Å². The van der Waals surface area contributed by atoms with Gasteiger partial charge in [-0.25, -0.2) is 9.37 Å². The molecule has 0 aromatic carbocycles. The summed E-state index contributed by atoms with van der Waals surface area (Å²) in [5.41, 5.74) is -3.69. The van der Waals surface area contributed by atoms with Crippen molar-refractivity contribution in [2.24, 2.45) is 5.92 Å². The van der Waals surface area contributed by atoms with Gasteiger partial charge in [0, 0.05) is 24.8 Å². The molecule has 2 atom stereocenters. The summed E-state index contributed by atoms with van der Waals surface area (Å²) >= 11 is 5.55. The topological polar surface area (TPSA) is 22.1 Å². The van der Waals surface area contributed by atoms with E-state index >= 15 is 0 Å². The maximum Gasteiger partial charge on any atom is 0.397 e. The molecule has 2 heterocycles. The molecule has 0 bridgehead atoms. The Morgan fingerprint density at radius 3 is 2.74 bits per heavy atom. The predicted molar refractivity (Wildman–Crippen MR) is 57.0 cm³/mol. The molecule has 8 heteroatoms. The van der Waals surface area contributed by atoms with E-state index in [1.54, 1.807) is 0 Å². The highest BCUT2D eigenvalue weighted by molar-refractivity contribution is 6.30. The molecule has 0 amide bonds. The summed E-state index contributed by atoms with van der Waals surface area (Å²) in [6.07, 6.45) is -4.54. The fourth-order valence-corrected chi connectivity index (χ4v) is 2.28. The standard InChI is InChI=1S/C11H9ClF5NO/c12-6-3-7(9(13)18-4-6)10(14)1-2-19-5-8(10)11(15,16)17/h3-4,8H,1-2,5H2. The van der Waals surface area contributed by atoms with Gasteiger partial charge in [-0.15, -0.1) is 0 Å². The van der Waals surface area contributed by atoms with Gasteiger partial charge < -0.3 is 4.74 Å². The van der Waals surface area contributed by atoms with Crippen LogP contribution >= 0.6 is 11.6 Å². The Balaban J connectivity index is 2.51. The Morgan fingerprint density at radius 1 is 1.42 bits per heavy atom. The van der Waals surface area contributed by atoms with Crippen LogP contribution in [0.15, 0.2) is 12.3 Å². The van der Waals surface area contributed by atoms with E-state index in [4.69, 9.17) is 11.6 Å². The molecule has 1 aromatic heterocycles. The molecule has 2 unspecified atom stereocenters. The van der Waals surface area contributed by atoms with Crippen LogP contribution in [0, 0.1) is 11.9 Å². The minimum Gasteiger partial charge on any atom is -0.381 e. The van der Waals surface area contributed by atoms with Crippen LogP contribution < -0.4 is 0 Å². The van der Waals surface area contributed by atoms with Crippen LogP contribution in [-0.4, -0.2) is 24.4 Å². The van der Waals surface area contributed by atoms with Gasteiger partial charge in [-0.05, 0) is 6.07 Å². The number of nitrogens with zero attached hydrogens (tertiary/aromatic N) is 1. The Kier molecular flexibility index (Phi) is 3.70. The van der Waals surface area contributed by atoms with Crippen molar-refractivity contribution in [3.63, 3.8) is 0 Å². The molecule has 1 aromatic rings. The molecule has 1 aliphatic heterocycles. The van der Waals surface area contributed by atoms with Gasteiger partial charge in [0.05, 0.1) is 11.6 Å². The smallest absolute Gasteiger partial charge is 0.381 e. The van der Waals surface area contributed by atoms with E-state index in [0.29, 0.717) is 0 Å². The molecule has 2 rings (SSSR count). The van der Waals surface area contributed by atoms with Gasteiger partial charge in [0.2, 0.25) is 5.95 Å². The predicted octanol–water partition coefficient (Wildman–Crippen LogP) is 3.64. The highest BCUT2D eigenvalue weighted by Crippen LogP contribution is 2.48. The van der Waals surface area contributed by atoms with E-state index in [1.807, 2.05) is 0 Å². The van der Waals surface area contributed by atoms with Crippen LogP contribution in [0.3, 0.4) is 0 Å². The first-order chi connectivity index (χ1) is 8.75. The van der Waals surface area contributed by atoms with Crippen molar-refractivity contribution in [3.8, 4) is 0 Å². The van der Waals surface area contributed by atoms with Crippen LogP contribution in [0.4, 0.5) is 22.0 Å². The van der Waals surface area contributed by atoms with Gasteiger partial charge in [0.15, 0.2) is 5.67 Å². The normalized spacial score (nSPS) is 28.4. The van der Waals surface area contributed by atoms with E-state index < -0.39 is 42.3 Å². The molecule has 1 fully saturated rings. The Morgan fingerprint density at radius 2 is 2.11 bits per heavy atom. The summed E-state index contributed by atoms with van der Waals surface area (Å²) in [5.74, 6) is -3.73. The molecule has 1 saturated heterocycles. The lowest BCUT2D eigenvalue weighted by molar-refractivity contribution is -0.246. The lowest BCUT2D eigenvalue weighted by Gasteiger charge is -2.38. The first-order valence-corrected chi connectivity index (χ1v) is 5.78. The highest BCUT2D eigenvalue weighted by atomic mass is 35.5. The van der Waals surface area contributed by atoms with Gasteiger partial charge in [0.1, 0.15) is 5.92 Å². The van der Waals surface area contributed by atoms with Gasteiger partial charge in [-0.3, -0.25) is 0 Å². The molecule has 19 heavy (non-hydrogen) atoms. The zero-order chi connectivity index (χ0) is 14.3. The SMILES string of the molecule is Fc1ncc(Cl)cc1C1(F)CCOCC1C(F)(F)F. The van der Waals surface area contributed by atoms with Crippen molar-refractivity contribution in [1.29, 1.82) is 0 Å². The van der Waals surface area contributed by atoms with E-state index in [-0.39, 0.29) is 11.6 Å². The molecule has 2 nitrogen and oxygen atoms in total. The minimum atomic E-state index is -4.84. The Labute approximate surface area is 110 Å². The fraction of sp³-hybridized carbons (Fsp3) is 0.545. The Bertz CT molecular complexity index is 481. The average Bonchev–Trinajstić information content (AvgIpc) is 2.31. The summed E-state index contributed by atoms with van der Waals surface area (Å²) in [7, 11) is 0. The number of halogens is 6. The third-order valence-corrected chi connectivity index (χ3v) is 3.30. The van der Waals surface area contributed by atoms with Crippen molar-refractivity contribution >= 4 is 11.6 Å². The molecule has 0 saturated carbocycles. The number of hydrogen-bond acceptors (Lipinski definition) is 2. The maximum atomic E-state index is 14.8. The van der Waals surface area contributed by atoms with Crippen LogP contribution in [0.2, 0.25) is 5.02 Å². The third kappa shape index (κ3) is 2.67. The van der Waals surface area contributed by atoms with Gasteiger partial charge in [-0.1, -0.05) is 11.6 Å². The number of alkyl halides is 4. The van der Waals surface area contributed by atoms with Crippen molar-refractivity contribution in [1.82, 2.24) is 4.98 Å². The average molecular weight is 302 g/mol. The van der Waals surface area contributed by atoms with Gasteiger partial charge in [0.25, 0.3) is 0 Å². The summed E-state index contributed by atoms with van der Waals surface area (Å²) in [4.78, 5) is 3.17. The van der Waals surface area contributed by atoms with Gasteiger partial charge >= 0.3 is 6.18 Å². The highest BCUT2D eigenvalue weighted by Gasteiger charge is 2.58. The van der Waals surface area contributed by atoms with E-state index in [0.717, 1.165) is 12.3 Å². The molecule has 0 spiro atoms. The monoisotopic (exact) mass is 301 g/mol. The van der Waals surface area contributed by atoms with Crippen LogP contribution in [0.25, 0.3) is 0 Å². The van der Waals surface area contributed by atoms with E-state index in [2.05, 4.69) is 9.72 Å². The minimum absolute atomic E-state index is 0.124. The third-order valence-electron chi connectivity index (χ3n) is 3.10. The van der Waals surface area contributed by atoms with Crippen molar-refractivity contribution in [3.05, 3.63) is 28.8 Å². The maximum absolute atomic E-state index is 14.8. The summed E-state index contributed by atoms with van der Waals surface area (Å²) in [5, 5.41) is -0.124. The number of ether oxygens (including phenoxy) is 1. The van der Waals surface area contributed by atoms with E-state index in [1.165, 1.54) is 0 Å². The fourth-order valence-electron chi connectivity index (χ4n) is 2.12. The number of rotatable bonds is 1. The lowest BCUT2D eigenvalue weighted by Crippen LogP contribution is -2.48. The quantitative estimate of drug-likeness (QED) is 0.583. The first kappa shape index (κ1) is 14.5. The molecule has 0 radical (unpaired) electrons. The number of pyridine rings is 1. The summed E-state index contributed by atoms with van der Waals surface area (Å²) < 4.78 is 71.5. The van der Waals surface area contributed by atoms with Crippen molar-refractivity contribution in [2.45, 2.75) is 18.3 Å². The summed E-state index contributed by atoms with van der Waals surface area (Å²) in [6, 6.07) is 0.841. The molecular formula is C11H9ClF5NO. The molecule has 106 valence electrons. The zero-order valence-electron chi connectivity index (χ0n) is 9.48. The lowest BCUT2D eigenvalue weighted by atomic mass is 9.79. The van der Waals surface area contributed by atoms with Crippen LogP contribution in [-0.2, 0) is 10.4 Å². The molecule has 0 N–H and O–H groups in total. The van der Waals surface area contributed by atoms with Gasteiger partial charge in [-0.2, -0.15) is 17.6 Å². The second-order valence-electron chi connectivity index (χ2n) is 4.27. The summed E-state index contributed by atoms with van der Waals surface area (Å²) in [6.45, 7) is -1.08. The largest absolute Gasteiger partial charge is 0.397 e. The number of aromatic nitrogens is 1. The Hall–Kier alpha value is -0.950. The second kappa shape index (κ2) is 4.86. The number of hydrogen-bond donors (Lipinski definition) is 0. The van der Waals surface area contributed by atoms with Crippen LogP contribution in [0.1, 0.15) is 12.0 Å². The van der Waals surface area contributed by atoms with Crippen LogP contribution in [0.5, 0.6) is 0 Å². The molecule has 1 aliphatic rings. The zero-order valence-corrected chi connectivity index (χ0v) is 10.2.